The summed E-state index contributed by atoms with van der Waals surface area (Å²) < 4.78 is 5.29. The summed E-state index contributed by atoms with van der Waals surface area (Å²) in [6.45, 7) is 2.71. The molecule has 3 rings (SSSR count). The lowest BCUT2D eigenvalue weighted by molar-refractivity contribution is 0.386. The molecule has 0 saturated carbocycles. The van der Waals surface area contributed by atoms with Crippen LogP contribution in [-0.2, 0) is 0 Å². The smallest absolute Gasteiger partial charge is 0.257 e. The van der Waals surface area contributed by atoms with Crippen molar-refractivity contribution < 1.29 is 4.74 Å². The van der Waals surface area contributed by atoms with Crippen LogP contribution in [0.5, 0.6) is 5.88 Å². The quantitative estimate of drug-likeness (QED) is 0.826. The molecule has 130 valence electrons. The third-order valence-corrected chi connectivity index (χ3v) is 4.55. The van der Waals surface area contributed by atoms with E-state index >= 15 is 0 Å². The van der Waals surface area contributed by atoms with E-state index in [0.29, 0.717) is 17.4 Å². The van der Waals surface area contributed by atoms with Gasteiger partial charge in [0.2, 0.25) is 0 Å². The Bertz CT molecular complexity index is 751. The third kappa shape index (κ3) is 3.79. The van der Waals surface area contributed by atoms with Gasteiger partial charge in [0.25, 0.3) is 5.88 Å². The summed E-state index contributed by atoms with van der Waals surface area (Å²) >= 11 is 0. The van der Waals surface area contributed by atoms with Crippen LogP contribution in [0.15, 0.2) is 30.7 Å². The van der Waals surface area contributed by atoms with Crippen molar-refractivity contribution in [3.63, 3.8) is 0 Å². The number of methoxy groups -OCH3 is 1. The Balaban J connectivity index is 1.60. The van der Waals surface area contributed by atoms with Crippen LogP contribution in [-0.4, -0.2) is 48.7 Å². The van der Waals surface area contributed by atoms with Gasteiger partial charge in [-0.2, -0.15) is 5.26 Å². The van der Waals surface area contributed by atoms with Crippen molar-refractivity contribution in [3.8, 4) is 11.9 Å². The van der Waals surface area contributed by atoms with Crippen LogP contribution in [0.1, 0.15) is 18.4 Å². The van der Waals surface area contributed by atoms with Gasteiger partial charge in [0.15, 0.2) is 5.82 Å². The van der Waals surface area contributed by atoms with Gasteiger partial charge in [-0.15, -0.1) is 0 Å². The highest BCUT2D eigenvalue weighted by Gasteiger charge is 2.24. The average Bonchev–Trinajstić information content (AvgIpc) is 2.68. The summed E-state index contributed by atoms with van der Waals surface area (Å²) in [7, 11) is 3.63. The Morgan fingerprint density at radius 1 is 1.24 bits per heavy atom. The fourth-order valence-electron chi connectivity index (χ4n) is 3.26. The molecule has 0 aliphatic carbocycles. The molecule has 1 fully saturated rings. The van der Waals surface area contributed by atoms with Crippen molar-refractivity contribution in [1.82, 2.24) is 15.0 Å². The minimum atomic E-state index is 0.551. The molecule has 0 amide bonds. The van der Waals surface area contributed by atoms with Crippen LogP contribution in [0.25, 0.3) is 0 Å². The number of aromatic nitrogens is 3. The van der Waals surface area contributed by atoms with Gasteiger partial charge in [-0.3, -0.25) is 0 Å². The lowest BCUT2D eigenvalue weighted by atomic mass is 9.96. The first-order chi connectivity index (χ1) is 12.2. The van der Waals surface area contributed by atoms with Crippen LogP contribution in [0.4, 0.5) is 11.6 Å². The maximum Gasteiger partial charge on any atom is 0.257 e. The number of piperidine rings is 1. The Kier molecular flexibility index (Phi) is 5.29. The summed E-state index contributed by atoms with van der Waals surface area (Å²) in [6.07, 6.45) is 7.16. The van der Waals surface area contributed by atoms with Gasteiger partial charge < -0.3 is 14.5 Å². The number of rotatable bonds is 5. The zero-order valence-corrected chi connectivity index (χ0v) is 14.6. The lowest BCUT2D eigenvalue weighted by Gasteiger charge is -2.35. The molecule has 2 aromatic rings. The number of nitriles is 1. The summed E-state index contributed by atoms with van der Waals surface area (Å²) in [4.78, 5) is 17.3. The van der Waals surface area contributed by atoms with E-state index in [1.54, 1.807) is 31.8 Å². The van der Waals surface area contributed by atoms with E-state index in [1.165, 1.54) is 0 Å². The number of pyridine rings is 1. The highest BCUT2D eigenvalue weighted by atomic mass is 16.5. The standard InChI is InChI=1S/C18H22N6O/c1-23(17-18(25-2)22-9-8-21-17)13-14-5-10-24(11-6-14)16-15(12-19)4-3-7-20-16/h3-4,7-9,14H,5-6,10-11,13H2,1-2H3. The molecule has 0 unspecified atom stereocenters. The van der Waals surface area contributed by atoms with E-state index in [2.05, 4.69) is 30.8 Å². The molecule has 0 radical (unpaired) electrons. The van der Waals surface area contributed by atoms with Crippen molar-refractivity contribution in [2.45, 2.75) is 12.8 Å². The monoisotopic (exact) mass is 338 g/mol. The highest BCUT2D eigenvalue weighted by Crippen LogP contribution is 2.27. The second-order valence-electron chi connectivity index (χ2n) is 6.19. The largest absolute Gasteiger partial charge is 0.478 e. The van der Waals surface area contributed by atoms with E-state index < -0.39 is 0 Å². The van der Waals surface area contributed by atoms with Crippen molar-refractivity contribution in [2.24, 2.45) is 5.92 Å². The second kappa shape index (κ2) is 7.79. The van der Waals surface area contributed by atoms with E-state index in [4.69, 9.17) is 4.74 Å². The molecule has 0 bridgehead atoms. The Hall–Kier alpha value is -2.88. The SMILES string of the molecule is COc1nccnc1N(C)CC1CCN(c2ncccc2C#N)CC1. The third-order valence-electron chi connectivity index (χ3n) is 4.55. The molecule has 7 heteroatoms. The molecule has 1 aliphatic rings. The Labute approximate surface area is 147 Å². The normalized spacial score (nSPS) is 14.8. The number of hydrogen-bond acceptors (Lipinski definition) is 7. The van der Waals surface area contributed by atoms with Gasteiger partial charge in [0.05, 0.1) is 12.7 Å². The summed E-state index contributed by atoms with van der Waals surface area (Å²) in [5.41, 5.74) is 0.641. The molecule has 7 nitrogen and oxygen atoms in total. The first kappa shape index (κ1) is 17.0. The molecular formula is C18H22N6O. The molecule has 0 aromatic carbocycles. The average molecular weight is 338 g/mol. The van der Waals surface area contributed by atoms with Crippen molar-refractivity contribution >= 4 is 11.6 Å². The molecule has 0 N–H and O–H groups in total. The van der Waals surface area contributed by atoms with Gasteiger partial charge in [0.1, 0.15) is 11.9 Å². The zero-order valence-electron chi connectivity index (χ0n) is 14.6. The predicted molar refractivity (Wildman–Crippen MR) is 95.7 cm³/mol. The van der Waals surface area contributed by atoms with Gasteiger partial charge in [0, 0.05) is 45.3 Å². The van der Waals surface area contributed by atoms with Gasteiger partial charge in [-0.05, 0) is 30.9 Å². The van der Waals surface area contributed by atoms with Crippen LogP contribution >= 0.6 is 0 Å². The minimum Gasteiger partial charge on any atom is -0.478 e. The molecule has 3 heterocycles. The fourth-order valence-corrected chi connectivity index (χ4v) is 3.26. The molecule has 0 atom stereocenters. The van der Waals surface area contributed by atoms with Gasteiger partial charge in [-0.25, -0.2) is 15.0 Å². The molecule has 0 spiro atoms. The summed E-state index contributed by atoms with van der Waals surface area (Å²) in [5, 5.41) is 9.25. The summed E-state index contributed by atoms with van der Waals surface area (Å²) in [5.74, 6) is 2.67. The van der Waals surface area contributed by atoms with Crippen molar-refractivity contribution in [2.75, 3.05) is 43.6 Å². The fraction of sp³-hybridized carbons (Fsp3) is 0.444. The lowest BCUT2D eigenvalue weighted by Crippen LogP contribution is -2.38. The number of anilines is 2. The minimum absolute atomic E-state index is 0.551. The van der Waals surface area contributed by atoms with Crippen LogP contribution < -0.4 is 14.5 Å². The highest BCUT2D eigenvalue weighted by molar-refractivity contribution is 5.53. The van der Waals surface area contributed by atoms with E-state index in [9.17, 15) is 5.26 Å². The molecule has 25 heavy (non-hydrogen) atoms. The van der Waals surface area contributed by atoms with E-state index in [1.807, 2.05) is 13.1 Å². The zero-order chi connectivity index (χ0) is 17.6. The molecule has 1 aliphatic heterocycles. The van der Waals surface area contributed by atoms with Crippen molar-refractivity contribution in [1.29, 1.82) is 5.26 Å². The first-order valence-electron chi connectivity index (χ1n) is 8.39. The van der Waals surface area contributed by atoms with Gasteiger partial charge in [-0.1, -0.05) is 0 Å². The molecular weight excluding hydrogens is 316 g/mol. The maximum absolute atomic E-state index is 9.25. The molecule has 2 aromatic heterocycles. The maximum atomic E-state index is 9.25. The Morgan fingerprint density at radius 3 is 2.72 bits per heavy atom. The van der Waals surface area contributed by atoms with Crippen LogP contribution in [0, 0.1) is 17.2 Å². The first-order valence-corrected chi connectivity index (χ1v) is 8.39. The Morgan fingerprint density at radius 2 is 2.00 bits per heavy atom. The van der Waals surface area contributed by atoms with Gasteiger partial charge >= 0.3 is 0 Å². The van der Waals surface area contributed by atoms with Crippen LogP contribution in [0.2, 0.25) is 0 Å². The van der Waals surface area contributed by atoms with E-state index in [0.717, 1.165) is 44.1 Å². The second-order valence-corrected chi connectivity index (χ2v) is 6.19. The number of hydrogen-bond donors (Lipinski definition) is 0. The molecule has 1 saturated heterocycles. The summed E-state index contributed by atoms with van der Waals surface area (Å²) in [6, 6.07) is 5.85. The van der Waals surface area contributed by atoms with Crippen molar-refractivity contribution in [3.05, 3.63) is 36.3 Å². The van der Waals surface area contributed by atoms with E-state index in [-0.39, 0.29) is 0 Å². The van der Waals surface area contributed by atoms with Crippen LogP contribution in [0.3, 0.4) is 0 Å². The topological polar surface area (TPSA) is 78.2 Å². The number of ether oxygens (including phenoxy) is 1. The predicted octanol–water partition coefficient (Wildman–Crippen LogP) is 2.10. The number of nitrogens with zero attached hydrogens (tertiary/aromatic N) is 6.